The lowest BCUT2D eigenvalue weighted by molar-refractivity contribution is -0.347. The fourth-order valence-electron chi connectivity index (χ4n) is 4.32. The Kier molecular flexibility index (Phi) is 11.3. The highest BCUT2D eigenvalue weighted by Crippen LogP contribution is 2.30. The summed E-state index contributed by atoms with van der Waals surface area (Å²) in [7, 11) is 0. The number of nitrogens with zero attached hydrogens (tertiary/aromatic N) is 1. The SMILES string of the molecule is O=C(NCCCl)N(CCc1ccccc1)C1O[C@H](CO)[C@@H](O[C@H]2O[C@H](CO)[C@@H](O)[C@H](O)[C@H]2O)[C@H](O)[C@H]1O. The van der Waals surface area contributed by atoms with Crippen LogP contribution in [0.1, 0.15) is 5.56 Å². The second kappa shape index (κ2) is 14.0. The molecule has 0 aliphatic carbocycles. The molecule has 13 nitrogen and oxygen atoms in total. The van der Waals surface area contributed by atoms with Gasteiger partial charge in [-0.3, -0.25) is 4.90 Å². The molecule has 2 amide bonds. The van der Waals surface area contributed by atoms with Gasteiger partial charge in [0.25, 0.3) is 0 Å². The van der Waals surface area contributed by atoms with Crippen LogP contribution in [0.25, 0.3) is 0 Å². The van der Waals surface area contributed by atoms with E-state index in [0.717, 1.165) is 5.56 Å². The highest BCUT2D eigenvalue weighted by atomic mass is 35.5. The number of benzene rings is 1. The number of carbonyl (C=O) groups excluding carboxylic acids is 1. The van der Waals surface area contributed by atoms with Gasteiger partial charge in [0.05, 0.1) is 13.2 Å². The summed E-state index contributed by atoms with van der Waals surface area (Å²) in [4.78, 5) is 14.1. The van der Waals surface area contributed by atoms with Gasteiger partial charge in [0.2, 0.25) is 0 Å². The fourth-order valence-corrected chi connectivity index (χ4v) is 4.42. The number of aliphatic hydroxyl groups excluding tert-OH is 7. The molecule has 0 spiro atoms. The van der Waals surface area contributed by atoms with Crippen LogP contribution in [-0.4, -0.2) is 140 Å². The maximum atomic E-state index is 12.9. The summed E-state index contributed by atoms with van der Waals surface area (Å²) in [6.45, 7) is -1.18. The summed E-state index contributed by atoms with van der Waals surface area (Å²) in [6, 6.07) is 8.64. The van der Waals surface area contributed by atoms with Crippen molar-refractivity contribution < 1.29 is 54.8 Å². The van der Waals surface area contributed by atoms with Crippen molar-refractivity contribution in [3.05, 3.63) is 35.9 Å². The summed E-state index contributed by atoms with van der Waals surface area (Å²) in [5, 5.41) is 74.1. The number of aliphatic hydroxyl groups is 7. The minimum atomic E-state index is -1.78. The maximum Gasteiger partial charge on any atom is 0.319 e. The van der Waals surface area contributed by atoms with Gasteiger partial charge in [-0.15, -0.1) is 11.6 Å². The summed E-state index contributed by atoms with van der Waals surface area (Å²) in [5.41, 5.74) is 0.908. The molecule has 1 aromatic rings. The first-order chi connectivity index (χ1) is 17.7. The number of carbonyl (C=O) groups is 1. The van der Waals surface area contributed by atoms with Crippen LogP contribution in [0.5, 0.6) is 0 Å². The third-order valence-corrected chi connectivity index (χ3v) is 6.59. The van der Waals surface area contributed by atoms with E-state index in [9.17, 15) is 40.5 Å². The normalized spacial score (nSPS) is 36.2. The molecule has 10 atom stereocenters. The van der Waals surface area contributed by atoms with Crippen LogP contribution >= 0.6 is 11.6 Å². The van der Waals surface area contributed by atoms with Crippen molar-refractivity contribution in [1.82, 2.24) is 10.2 Å². The van der Waals surface area contributed by atoms with E-state index in [1.807, 2.05) is 30.3 Å². The van der Waals surface area contributed by atoms with E-state index < -0.39 is 80.6 Å². The van der Waals surface area contributed by atoms with Crippen molar-refractivity contribution in [3.63, 3.8) is 0 Å². The Bertz CT molecular complexity index is 836. The Balaban J connectivity index is 1.77. The lowest BCUT2D eigenvalue weighted by Gasteiger charge is -2.48. The summed E-state index contributed by atoms with van der Waals surface area (Å²) >= 11 is 5.69. The molecule has 3 rings (SSSR count). The van der Waals surface area contributed by atoms with Gasteiger partial charge in [-0.05, 0) is 12.0 Å². The topological polar surface area (TPSA) is 202 Å². The van der Waals surface area contributed by atoms with Gasteiger partial charge in [0.1, 0.15) is 48.8 Å². The Morgan fingerprint density at radius 2 is 1.59 bits per heavy atom. The number of ether oxygens (including phenoxy) is 3. The highest BCUT2D eigenvalue weighted by Gasteiger charge is 2.52. The first kappa shape index (κ1) is 29.9. The third kappa shape index (κ3) is 7.07. The Morgan fingerprint density at radius 1 is 0.919 bits per heavy atom. The van der Waals surface area contributed by atoms with Gasteiger partial charge in [0, 0.05) is 19.0 Å². The number of halogens is 1. The number of rotatable bonds is 10. The van der Waals surface area contributed by atoms with Gasteiger partial charge < -0.3 is 55.3 Å². The van der Waals surface area contributed by atoms with Crippen LogP contribution < -0.4 is 5.32 Å². The molecule has 0 aromatic heterocycles. The lowest BCUT2D eigenvalue weighted by atomic mass is 9.96. The summed E-state index contributed by atoms with van der Waals surface area (Å²) in [5.74, 6) is 0.142. The van der Waals surface area contributed by atoms with Gasteiger partial charge >= 0.3 is 6.03 Å². The predicted octanol–water partition coefficient (Wildman–Crippen LogP) is -2.90. The molecular weight excluding hydrogens is 516 g/mol. The average molecular weight is 551 g/mol. The molecule has 14 heteroatoms. The van der Waals surface area contributed by atoms with Crippen molar-refractivity contribution >= 4 is 17.6 Å². The molecule has 0 radical (unpaired) electrons. The van der Waals surface area contributed by atoms with Gasteiger partial charge in [-0.1, -0.05) is 30.3 Å². The molecule has 2 fully saturated rings. The Labute approximate surface area is 218 Å². The zero-order valence-corrected chi connectivity index (χ0v) is 20.7. The van der Waals surface area contributed by atoms with E-state index in [0.29, 0.717) is 6.42 Å². The van der Waals surface area contributed by atoms with E-state index >= 15 is 0 Å². The van der Waals surface area contributed by atoms with E-state index in [2.05, 4.69) is 5.32 Å². The second-order valence-electron chi connectivity index (χ2n) is 8.88. The third-order valence-electron chi connectivity index (χ3n) is 6.40. The first-order valence-electron chi connectivity index (χ1n) is 12.0. The standard InChI is InChI=1S/C23H35ClN2O11/c24-7-8-25-23(34)26(9-6-12-4-2-1-3-5-12)21-18(32)17(31)20(14(11-28)35-21)37-22-19(33)16(30)15(29)13(10-27)36-22/h1-5,13-22,27-33H,6-11H2,(H,25,34)/t13-,14-,15-,16+,17-,18-,19-,20-,21?,22-/m1/s1. The van der Waals surface area contributed by atoms with E-state index in [4.69, 9.17) is 25.8 Å². The molecule has 2 aliphatic heterocycles. The second-order valence-corrected chi connectivity index (χ2v) is 9.25. The first-order valence-corrected chi connectivity index (χ1v) is 12.5. The van der Waals surface area contributed by atoms with E-state index in [-0.39, 0.29) is 19.0 Å². The summed E-state index contributed by atoms with van der Waals surface area (Å²) < 4.78 is 16.7. The quantitative estimate of drug-likeness (QED) is 0.139. The number of alkyl halides is 1. The highest BCUT2D eigenvalue weighted by molar-refractivity contribution is 6.18. The molecule has 2 heterocycles. The van der Waals surface area contributed by atoms with E-state index in [1.165, 1.54) is 4.90 Å². The molecule has 0 bridgehead atoms. The van der Waals surface area contributed by atoms with Crippen LogP contribution in [0.2, 0.25) is 0 Å². The van der Waals surface area contributed by atoms with Gasteiger partial charge in [-0.2, -0.15) is 0 Å². The minimum Gasteiger partial charge on any atom is -0.394 e. The number of urea groups is 1. The van der Waals surface area contributed by atoms with Crippen molar-refractivity contribution in [3.8, 4) is 0 Å². The monoisotopic (exact) mass is 550 g/mol. The number of nitrogens with one attached hydrogen (secondary N) is 1. The molecule has 0 saturated carbocycles. The van der Waals surface area contributed by atoms with Crippen LogP contribution in [0.4, 0.5) is 4.79 Å². The van der Waals surface area contributed by atoms with Crippen molar-refractivity contribution in [2.24, 2.45) is 0 Å². The predicted molar refractivity (Wildman–Crippen MR) is 127 cm³/mol. The average Bonchev–Trinajstić information content (AvgIpc) is 2.91. The number of amides is 2. The molecule has 2 saturated heterocycles. The zero-order valence-electron chi connectivity index (χ0n) is 20.0. The van der Waals surface area contributed by atoms with Crippen molar-refractivity contribution in [2.75, 3.05) is 32.2 Å². The molecule has 37 heavy (non-hydrogen) atoms. The molecule has 1 unspecified atom stereocenters. The van der Waals surface area contributed by atoms with Gasteiger partial charge in [0.15, 0.2) is 12.5 Å². The smallest absolute Gasteiger partial charge is 0.319 e. The largest absolute Gasteiger partial charge is 0.394 e. The lowest BCUT2D eigenvalue weighted by Crippen LogP contribution is -2.67. The van der Waals surface area contributed by atoms with Crippen LogP contribution in [0.15, 0.2) is 30.3 Å². The molecule has 1 aromatic carbocycles. The van der Waals surface area contributed by atoms with Crippen LogP contribution in [0, 0.1) is 0 Å². The minimum absolute atomic E-state index is 0.0863. The van der Waals surface area contributed by atoms with E-state index in [1.54, 1.807) is 0 Å². The van der Waals surface area contributed by atoms with Crippen molar-refractivity contribution in [1.29, 1.82) is 0 Å². The molecule has 2 aliphatic rings. The Hall–Kier alpha value is -1.62. The number of hydrogen-bond donors (Lipinski definition) is 8. The maximum absolute atomic E-state index is 12.9. The molecule has 210 valence electrons. The zero-order chi connectivity index (χ0) is 27.1. The Morgan fingerprint density at radius 3 is 2.22 bits per heavy atom. The van der Waals surface area contributed by atoms with Crippen molar-refractivity contribution in [2.45, 2.75) is 67.8 Å². The fraction of sp³-hybridized carbons (Fsp3) is 0.696. The number of hydrogen-bond acceptors (Lipinski definition) is 11. The van der Waals surface area contributed by atoms with Crippen LogP contribution in [-0.2, 0) is 20.6 Å². The van der Waals surface area contributed by atoms with Gasteiger partial charge in [-0.25, -0.2) is 4.79 Å². The molecule has 8 N–H and O–H groups in total. The summed E-state index contributed by atoms with van der Waals surface area (Å²) in [6.07, 6.45) is -15.3. The van der Waals surface area contributed by atoms with Crippen LogP contribution in [0.3, 0.4) is 0 Å². The molecular formula is C23H35ClN2O11.